The molecule has 0 amide bonds. The molecule has 2 fully saturated rings. The molecule has 0 atom stereocenters. The molecule has 0 bridgehead atoms. The van der Waals surface area contributed by atoms with Crippen LogP contribution in [-0.2, 0) is 11.3 Å². The highest BCUT2D eigenvalue weighted by Gasteiger charge is 2.38. The number of aliphatic imine (C=N–C) groups is 1. The van der Waals surface area contributed by atoms with Gasteiger partial charge in [0.05, 0.1) is 31.1 Å². The number of ether oxygens (including phenoxy) is 1. The third kappa shape index (κ3) is 6.20. The molecule has 2 aromatic rings. The summed E-state index contributed by atoms with van der Waals surface area (Å²) in [6.45, 7) is 5.32. The molecule has 4 rings (SSSR count). The molecule has 1 aliphatic heterocycles. The number of nitrogens with one attached hydrogen (secondary N) is 2. The van der Waals surface area contributed by atoms with Crippen molar-refractivity contribution in [3.05, 3.63) is 48.3 Å². The van der Waals surface area contributed by atoms with E-state index >= 15 is 0 Å². The number of guanidine groups is 1. The molecular formula is C23H35IN6O. The van der Waals surface area contributed by atoms with Crippen LogP contribution in [0, 0.1) is 0 Å². The van der Waals surface area contributed by atoms with E-state index in [1.54, 1.807) is 0 Å². The van der Waals surface area contributed by atoms with E-state index in [4.69, 9.17) is 4.74 Å². The molecule has 1 saturated carbocycles. The van der Waals surface area contributed by atoms with Crippen molar-refractivity contribution in [2.75, 3.05) is 39.9 Å². The fourth-order valence-corrected chi connectivity index (χ4v) is 4.68. The number of nitrogens with zero attached hydrogens (tertiary/aromatic N) is 4. The molecule has 2 aliphatic rings. The number of morpholine rings is 1. The van der Waals surface area contributed by atoms with Gasteiger partial charge in [0.2, 0.25) is 0 Å². The standard InChI is InChI=1S/C23H34N6O.HI/c1-24-22(25-18-20-10-13-29(27-20)21-8-4-2-5-9-21)26-19-23(11-6-3-7-12-23)28-14-16-30-17-15-28;/h2,4-5,8-10,13H,3,6-7,11-12,14-19H2,1H3,(H2,24,25,26);1H. The van der Waals surface area contributed by atoms with Crippen molar-refractivity contribution in [2.45, 2.75) is 44.2 Å². The van der Waals surface area contributed by atoms with Gasteiger partial charge in [0, 0.05) is 38.4 Å². The summed E-state index contributed by atoms with van der Waals surface area (Å²) >= 11 is 0. The highest BCUT2D eigenvalue weighted by Crippen LogP contribution is 2.33. The summed E-state index contributed by atoms with van der Waals surface area (Å²) in [5.74, 6) is 0.836. The van der Waals surface area contributed by atoms with E-state index in [0.717, 1.165) is 50.2 Å². The molecule has 0 radical (unpaired) electrons. The topological polar surface area (TPSA) is 66.7 Å². The van der Waals surface area contributed by atoms with Gasteiger partial charge in [0.15, 0.2) is 5.96 Å². The van der Waals surface area contributed by atoms with Crippen LogP contribution < -0.4 is 10.6 Å². The van der Waals surface area contributed by atoms with Gasteiger partial charge in [-0.05, 0) is 31.0 Å². The van der Waals surface area contributed by atoms with Gasteiger partial charge >= 0.3 is 0 Å². The van der Waals surface area contributed by atoms with Crippen molar-refractivity contribution in [3.8, 4) is 5.69 Å². The molecule has 1 aliphatic carbocycles. The molecule has 0 spiro atoms. The van der Waals surface area contributed by atoms with Crippen LogP contribution in [0.5, 0.6) is 0 Å². The van der Waals surface area contributed by atoms with Gasteiger partial charge in [-0.1, -0.05) is 37.5 Å². The zero-order chi connectivity index (χ0) is 20.7. The van der Waals surface area contributed by atoms with E-state index < -0.39 is 0 Å². The monoisotopic (exact) mass is 538 g/mol. The van der Waals surface area contributed by atoms with E-state index in [2.05, 4.69) is 37.8 Å². The van der Waals surface area contributed by atoms with Crippen molar-refractivity contribution >= 4 is 29.9 Å². The SMILES string of the molecule is CN=C(NCc1ccn(-c2ccccc2)n1)NCC1(N2CCOCC2)CCCCC1.I. The fourth-order valence-electron chi connectivity index (χ4n) is 4.68. The molecule has 7 nitrogen and oxygen atoms in total. The minimum atomic E-state index is 0. The van der Waals surface area contributed by atoms with Gasteiger partial charge in [-0.3, -0.25) is 9.89 Å². The predicted octanol–water partition coefficient (Wildman–Crippen LogP) is 3.19. The zero-order valence-corrected chi connectivity index (χ0v) is 20.8. The van der Waals surface area contributed by atoms with Gasteiger partial charge in [-0.2, -0.15) is 5.10 Å². The lowest BCUT2D eigenvalue weighted by Crippen LogP contribution is -2.60. The van der Waals surface area contributed by atoms with E-state index in [-0.39, 0.29) is 29.5 Å². The van der Waals surface area contributed by atoms with Crippen LogP contribution in [0.25, 0.3) is 5.69 Å². The fraction of sp³-hybridized carbons (Fsp3) is 0.565. The van der Waals surface area contributed by atoms with Crippen molar-refractivity contribution in [1.82, 2.24) is 25.3 Å². The Morgan fingerprint density at radius 1 is 1.06 bits per heavy atom. The molecule has 2 N–H and O–H groups in total. The summed E-state index contributed by atoms with van der Waals surface area (Å²) in [5.41, 5.74) is 2.27. The maximum absolute atomic E-state index is 5.60. The van der Waals surface area contributed by atoms with Crippen molar-refractivity contribution < 1.29 is 4.74 Å². The highest BCUT2D eigenvalue weighted by molar-refractivity contribution is 14.0. The second-order valence-corrected chi connectivity index (χ2v) is 8.25. The van der Waals surface area contributed by atoms with Crippen LogP contribution in [0.15, 0.2) is 47.6 Å². The van der Waals surface area contributed by atoms with Gasteiger partial charge in [0.1, 0.15) is 0 Å². The number of aromatic nitrogens is 2. The molecule has 1 saturated heterocycles. The molecule has 8 heteroatoms. The summed E-state index contributed by atoms with van der Waals surface area (Å²) in [6, 6.07) is 12.2. The lowest BCUT2D eigenvalue weighted by atomic mass is 9.80. The quantitative estimate of drug-likeness (QED) is 0.336. The largest absolute Gasteiger partial charge is 0.379 e. The normalized spacial score (nSPS) is 19.5. The Kier molecular flexibility index (Phi) is 9.15. The molecule has 170 valence electrons. The average molecular weight is 538 g/mol. The average Bonchev–Trinajstić information content (AvgIpc) is 3.30. The van der Waals surface area contributed by atoms with Crippen molar-refractivity contribution in [2.24, 2.45) is 4.99 Å². The Bertz CT molecular complexity index is 812. The summed E-state index contributed by atoms with van der Waals surface area (Å²) in [4.78, 5) is 7.10. The number of hydrogen-bond donors (Lipinski definition) is 2. The van der Waals surface area contributed by atoms with E-state index in [0.29, 0.717) is 6.54 Å². The summed E-state index contributed by atoms with van der Waals surface area (Å²) in [6.07, 6.45) is 8.46. The lowest BCUT2D eigenvalue weighted by molar-refractivity contribution is -0.0352. The Morgan fingerprint density at radius 3 is 2.52 bits per heavy atom. The highest BCUT2D eigenvalue weighted by atomic mass is 127. The second-order valence-electron chi connectivity index (χ2n) is 8.25. The predicted molar refractivity (Wildman–Crippen MR) is 135 cm³/mol. The molecular weight excluding hydrogens is 503 g/mol. The first-order chi connectivity index (χ1) is 14.8. The lowest BCUT2D eigenvalue weighted by Gasteiger charge is -2.48. The smallest absolute Gasteiger partial charge is 0.191 e. The van der Waals surface area contributed by atoms with Crippen LogP contribution in [0.3, 0.4) is 0 Å². The number of benzene rings is 1. The van der Waals surface area contributed by atoms with Crippen LogP contribution in [0.1, 0.15) is 37.8 Å². The Morgan fingerprint density at radius 2 is 1.81 bits per heavy atom. The van der Waals surface area contributed by atoms with E-state index in [1.807, 2.05) is 42.2 Å². The van der Waals surface area contributed by atoms with Crippen molar-refractivity contribution in [3.63, 3.8) is 0 Å². The first-order valence-electron chi connectivity index (χ1n) is 11.2. The van der Waals surface area contributed by atoms with Gasteiger partial charge in [-0.25, -0.2) is 4.68 Å². The Labute approximate surface area is 202 Å². The third-order valence-electron chi connectivity index (χ3n) is 6.38. The third-order valence-corrected chi connectivity index (χ3v) is 6.38. The first-order valence-corrected chi connectivity index (χ1v) is 11.2. The van der Waals surface area contributed by atoms with Crippen LogP contribution >= 0.6 is 24.0 Å². The first kappa shape index (κ1) is 24.0. The number of para-hydroxylation sites is 1. The van der Waals surface area contributed by atoms with E-state index in [1.165, 1.54) is 32.1 Å². The molecule has 31 heavy (non-hydrogen) atoms. The molecule has 2 heterocycles. The number of hydrogen-bond acceptors (Lipinski definition) is 4. The molecule has 1 aromatic heterocycles. The van der Waals surface area contributed by atoms with Crippen LogP contribution in [0.4, 0.5) is 0 Å². The minimum absolute atomic E-state index is 0. The second kappa shape index (κ2) is 11.8. The number of rotatable bonds is 6. The van der Waals surface area contributed by atoms with Gasteiger partial charge < -0.3 is 15.4 Å². The summed E-state index contributed by atoms with van der Waals surface area (Å²) in [7, 11) is 1.83. The summed E-state index contributed by atoms with van der Waals surface area (Å²) in [5, 5.41) is 11.7. The van der Waals surface area contributed by atoms with Gasteiger partial charge in [0.25, 0.3) is 0 Å². The molecule has 0 unspecified atom stereocenters. The Balaban J connectivity index is 0.00000272. The Hall–Kier alpha value is -1.65. The summed E-state index contributed by atoms with van der Waals surface area (Å²) < 4.78 is 7.50. The van der Waals surface area contributed by atoms with Crippen LogP contribution in [-0.4, -0.2) is 66.1 Å². The maximum atomic E-state index is 5.60. The van der Waals surface area contributed by atoms with Crippen molar-refractivity contribution in [1.29, 1.82) is 0 Å². The minimum Gasteiger partial charge on any atom is -0.379 e. The molecule has 1 aromatic carbocycles. The zero-order valence-electron chi connectivity index (χ0n) is 18.4. The van der Waals surface area contributed by atoms with E-state index in [9.17, 15) is 0 Å². The van der Waals surface area contributed by atoms with Gasteiger partial charge in [-0.15, -0.1) is 24.0 Å². The maximum Gasteiger partial charge on any atom is 0.191 e. The van der Waals surface area contributed by atoms with Crippen LogP contribution in [0.2, 0.25) is 0 Å². The number of halogens is 1.